The minimum atomic E-state index is 0. The van der Waals surface area contributed by atoms with E-state index in [1.54, 1.807) is 7.05 Å². The van der Waals surface area contributed by atoms with Crippen molar-refractivity contribution in [1.82, 2.24) is 20.8 Å². The standard InChI is InChI=1S/C19H29N5O.HI/c1-14(2)17-9-7-16(8-10-17)6-5-12-21-19(20-4)22-13-11-18-23-15(3)24-25-18;/h7-10,14H,5-6,11-13H2,1-4H3,(H2,20,21,22);1H. The first kappa shape index (κ1) is 22.4. The first-order valence-corrected chi connectivity index (χ1v) is 8.91. The fraction of sp³-hybridized carbons (Fsp3) is 0.526. The van der Waals surface area contributed by atoms with Crippen LogP contribution in [0.15, 0.2) is 33.8 Å². The summed E-state index contributed by atoms with van der Waals surface area (Å²) in [5.74, 6) is 2.69. The highest BCUT2D eigenvalue weighted by atomic mass is 127. The number of guanidine groups is 1. The van der Waals surface area contributed by atoms with Crippen molar-refractivity contribution in [1.29, 1.82) is 0 Å². The van der Waals surface area contributed by atoms with Gasteiger partial charge in [-0.1, -0.05) is 43.3 Å². The van der Waals surface area contributed by atoms with Crippen LogP contribution in [0.5, 0.6) is 0 Å². The van der Waals surface area contributed by atoms with Crippen molar-refractivity contribution in [3.63, 3.8) is 0 Å². The second-order valence-electron chi connectivity index (χ2n) is 6.41. The summed E-state index contributed by atoms with van der Waals surface area (Å²) in [6.07, 6.45) is 2.80. The number of hydrogen-bond acceptors (Lipinski definition) is 4. The summed E-state index contributed by atoms with van der Waals surface area (Å²) in [6, 6.07) is 8.92. The topological polar surface area (TPSA) is 75.3 Å². The molecule has 0 bridgehead atoms. The molecule has 0 radical (unpaired) electrons. The van der Waals surface area contributed by atoms with Gasteiger partial charge in [0.15, 0.2) is 11.8 Å². The van der Waals surface area contributed by atoms with E-state index >= 15 is 0 Å². The summed E-state index contributed by atoms with van der Waals surface area (Å²) in [7, 11) is 1.77. The van der Waals surface area contributed by atoms with Crippen molar-refractivity contribution in [3.05, 3.63) is 47.1 Å². The molecule has 0 atom stereocenters. The Bertz CT molecular complexity index is 667. The molecular weight excluding hydrogens is 441 g/mol. The molecule has 0 amide bonds. The minimum Gasteiger partial charge on any atom is -0.356 e. The summed E-state index contributed by atoms with van der Waals surface area (Å²) in [5.41, 5.74) is 2.77. The van der Waals surface area contributed by atoms with Crippen LogP contribution in [0.3, 0.4) is 0 Å². The molecule has 1 heterocycles. The van der Waals surface area contributed by atoms with E-state index in [9.17, 15) is 0 Å². The number of nitrogens with zero attached hydrogens (tertiary/aromatic N) is 3. The second kappa shape index (κ2) is 11.9. The van der Waals surface area contributed by atoms with Crippen LogP contribution < -0.4 is 10.6 Å². The summed E-state index contributed by atoms with van der Waals surface area (Å²) < 4.78 is 5.09. The molecule has 26 heavy (non-hydrogen) atoms. The van der Waals surface area contributed by atoms with Crippen molar-refractivity contribution < 1.29 is 4.52 Å². The highest BCUT2D eigenvalue weighted by molar-refractivity contribution is 14.0. The van der Waals surface area contributed by atoms with Gasteiger partial charge in [0, 0.05) is 26.6 Å². The van der Waals surface area contributed by atoms with E-state index in [1.807, 2.05) is 6.92 Å². The number of rotatable bonds is 8. The molecule has 2 aromatic rings. The van der Waals surface area contributed by atoms with E-state index < -0.39 is 0 Å². The lowest BCUT2D eigenvalue weighted by molar-refractivity contribution is 0.374. The molecule has 0 saturated carbocycles. The van der Waals surface area contributed by atoms with Gasteiger partial charge in [0.25, 0.3) is 0 Å². The number of benzene rings is 1. The SMILES string of the molecule is CN=C(NCCCc1ccc(C(C)C)cc1)NCCc1nc(C)no1.I. The van der Waals surface area contributed by atoms with E-state index in [2.05, 4.69) is 63.9 Å². The Balaban J connectivity index is 0.00000338. The molecule has 0 unspecified atom stereocenters. The predicted octanol–water partition coefficient (Wildman–Crippen LogP) is 3.46. The van der Waals surface area contributed by atoms with Crippen LogP contribution in [0.2, 0.25) is 0 Å². The summed E-state index contributed by atoms with van der Waals surface area (Å²) in [5, 5.41) is 10.4. The van der Waals surface area contributed by atoms with Crippen molar-refractivity contribution in [2.75, 3.05) is 20.1 Å². The largest absolute Gasteiger partial charge is 0.356 e. The van der Waals surface area contributed by atoms with Gasteiger partial charge in [-0.05, 0) is 36.8 Å². The maximum atomic E-state index is 5.09. The Morgan fingerprint density at radius 2 is 1.81 bits per heavy atom. The van der Waals surface area contributed by atoms with Gasteiger partial charge >= 0.3 is 0 Å². The first-order chi connectivity index (χ1) is 12.1. The molecule has 1 aromatic heterocycles. The lowest BCUT2D eigenvalue weighted by Crippen LogP contribution is -2.38. The number of aliphatic imine (C=N–C) groups is 1. The fourth-order valence-corrected chi connectivity index (χ4v) is 2.52. The molecular formula is C19H30IN5O. The van der Waals surface area contributed by atoms with Crippen molar-refractivity contribution >= 4 is 29.9 Å². The summed E-state index contributed by atoms with van der Waals surface area (Å²) in [4.78, 5) is 8.41. The third-order valence-corrected chi connectivity index (χ3v) is 4.01. The molecule has 0 aliphatic rings. The average Bonchev–Trinajstić information content (AvgIpc) is 3.02. The Hall–Kier alpha value is -1.64. The number of aromatic nitrogens is 2. The lowest BCUT2D eigenvalue weighted by Gasteiger charge is -2.11. The number of nitrogens with one attached hydrogen (secondary N) is 2. The second-order valence-corrected chi connectivity index (χ2v) is 6.41. The zero-order valence-electron chi connectivity index (χ0n) is 16.1. The maximum absolute atomic E-state index is 5.09. The van der Waals surface area contributed by atoms with Crippen molar-refractivity contribution in [3.8, 4) is 0 Å². The van der Waals surface area contributed by atoms with Crippen LogP contribution in [0, 0.1) is 6.92 Å². The molecule has 144 valence electrons. The zero-order valence-corrected chi connectivity index (χ0v) is 18.4. The molecule has 7 heteroatoms. The first-order valence-electron chi connectivity index (χ1n) is 8.91. The smallest absolute Gasteiger partial charge is 0.228 e. The summed E-state index contributed by atoms with van der Waals surface area (Å²) >= 11 is 0. The quantitative estimate of drug-likeness (QED) is 0.267. The van der Waals surface area contributed by atoms with E-state index in [0.717, 1.165) is 25.3 Å². The van der Waals surface area contributed by atoms with Gasteiger partial charge in [0.2, 0.25) is 5.89 Å². The normalized spacial score (nSPS) is 11.3. The summed E-state index contributed by atoms with van der Waals surface area (Å²) in [6.45, 7) is 7.84. The highest BCUT2D eigenvalue weighted by Gasteiger charge is 2.03. The lowest BCUT2D eigenvalue weighted by atomic mass is 10.0. The third kappa shape index (κ3) is 7.72. The number of halogens is 1. The monoisotopic (exact) mass is 471 g/mol. The van der Waals surface area contributed by atoms with E-state index in [1.165, 1.54) is 11.1 Å². The Morgan fingerprint density at radius 3 is 2.38 bits per heavy atom. The van der Waals surface area contributed by atoms with E-state index in [4.69, 9.17) is 4.52 Å². The predicted molar refractivity (Wildman–Crippen MR) is 116 cm³/mol. The minimum absolute atomic E-state index is 0. The average molecular weight is 471 g/mol. The van der Waals surface area contributed by atoms with Crippen LogP contribution in [0.4, 0.5) is 0 Å². The Labute approximate surface area is 173 Å². The van der Waals surface area contributed by atoms with Crippen LogP contribution in [-0.4, -0.2) is 36.2 Å². The van der Waals surface area contributed by atoms with Gasteiger partial charge in [-0.25, -0.2) is 0 Å². The fourth-order valence-electron chi connectivity index (χ4n) is 2.52. The Kier molecular flexibility index (Phi) is 10.2. The van der Waals surface area contributed by atoms with Crippen LogP contribution in [0.1, 0.15) is 49.0 Å². The van der Waals surface area contributed by atoms with Crippen LogP contribution in [-0.2, 0) is 12.8 Å². The van der Waals surface area contributed by atoms with E-state index in [-0.39, 0.29) is 24.0 Å². The molecule has 0 fully saturated rings. The molecule has 0 saturated heterocycles. The number of aryl methyl sites for hydroxylation is 2. The van der Waals surface area contributed by atoms with Gasteiger partial charge in [-0.15, -0.1) is 24.0 Å². The maximum Gasteiger partial charge on any atom is 0.228 e. The molecule has 0 spiro atoms. The van der Waals surface area contributed by atoms with Crippen LogP contribution in [0.25, 0.3) is 0 Å². The molecule has 1 aromatic carbocycles. The van der Waals surface area contributed by atoms with Gasteiger partial charge in [-0.2, -0.15) is 4.98 Å². The van der Waals surface area contributed by atoms with Gasteiger partial charge in [-0.3, -0.25) is 4.99 Å². The molecule has 0 aliphatic carbocycles. The van der Waals surface area contributed by atoms with Crippen molar-refractivity contribution in [2.45, 2.75) is 46.0 Å². The molecule has 0 aliphatic heterocycles. The molecule has 2 rings (SSSR count). The van der Waals surface area contributed by atoms with Crippen molar-refractivity contribution in [2.24, 2.45) is 4.99 Å². The van der Waals surface area contributed by atoms with Gasteiger partial charge in [0.1, 0.15) is 0 Å². The van der Waals surface area contributed by atoms with Gasteiger partial charge in [0.05, 0.1) is 0 Å². The van der Waals surface area contributed by atoms with Crippen LogP contribution >= 0.6 is 24.0 Å². The number of hydrogen-bond donors (Lipinski definition) is 2. The molecule has 6 nitrogen and oxygen atoms in total. The van der Waals surface area contributed by atoms with Gasteiger partial charge < -0.3 is 15.2 Å². The molecule has 2 N–H and O–H groups in total. The highest BCUT2D eigenvalue weighted by Crippen LogP contribution is 2.15. The zero-order chi connectivity index (χ0) is 18.1. The third-order valence-electron chi connectivity index (χ3n) is 4.01. The Morgan fingerprint density at radius 1 is 1.12 bits per heavy atom. The van der Waals surface area contributed by atoms with E-state index in [0.29, 0.717) is 30.6 Å².